The van der Waals surface area contributed by atoms with Gasteiger partial charge in [0.05, 0.1) is 36.0 Å². The number of carbonyl (C=O) groups is 2. The van der Waals surface area contributed by atoms with Crippen molar-refractivity contribution in [3.05, 3.63) is 83.8 Å². The number of H-pyrrole nitrogens is 2. The standard InChI is InChI=1S/C26H21F2N5O4/c1-3-37-21-12-20-19(11-16(21)26(35)36-2)31-23(32-20)15-7-9-29-24(15)33-10-8-14(13-33)30-25(34)22-17(27)5-4-6-18(22)28/h4-13,29H,3H2,1-2H3,(H,30,34)(H,31,32). The van der Waals surface area contributed by atoms with Crippen LogP contribution in [0.2, 0.25) is 0 Å². The number of nitrogens with one attached hydrogen (secondary N) is 3. The number of esters is 1. The molecule has 188 valence electrons. The van der Waals surface area contributed by atoms with Crippen molar-refractivity contribution in [1.82, 2.24) is 19.5 Å². The van der Waals surface area contributed by atoms with Gasteiger partial charge in [-0.3, -0.25) is 4.79 Å². The molecule has 0 aliphatic heterocycles. The zero-order chi connectivity index (χ0) is 26.1. The minimum Gasteiger partial charge on any atom is -0.493 e. The summed E-state index contributed by atoms with van der Waals surface area (Å²) in [6.07, 6.45) is 4.99. The van der Waals surface area contributed by atoms with Gasteiger partial charge in [0.2, 0.25) is 0 Å². The predicted octanol–water partition coefficient (Wildman–Crippen LogP) is 5.06. The molecule has 9 nitrogen and oxygen atoms in total. The maximum absolute atomic E-state index is 14.0. The van der Waals surface area contributed by atoms with Crippen molar-refractivity contribution in [3.8, 4) is 23.0 Å². The summed E-state index contributed by atoms with van der Waals surface area (Å²) in [5.41, 5.74) is 1.84. The number of halogens is 2. The zero-order valence-corrected chi connectivity index (χ0v) is 19.8. The second-order valence-corrected chi connectivity index (χ2v) is 7.97. The van der Waals surface area contributed by atoms with Gasteiger partial charge in [0, 0.05) is 24.7 Å². The summed E-state index contributed by atoms with van der Waals surface area (Å²) in [4.78, 5) is 35.6. The highest BCUT2D eigenvalue weighted by molar-refractivity contribution is 6.04. The van der Waals surface area contributed by atoms with Crippen LogP contribution in [0.15, 0.2) is 61.1 Å². The second-order valence-electron chi connectivity index (χ2n) is 7.97. The number of hydrogen-bond acceptors (Lipinski definition) is 5. The zero-order valence-electron chi connectivity index (χ0n) is 19.8. The third kappa shape index (κ3) is 4.42. The summed E-state index contributed by atoms with van der Waals surface area (Å²) >= 11 is 0. The number of anilines is 1. The molecule has 0 aliphatic rings. The van der Waals surface area contributed by atoms with E-state index in [-0.39, 0.29) is 5.56 Å². The fourth-order valence-electron chi connectivity index (χ4n) is 3.99. The Hall–Kier alpha value is -4.93. The highest BCUT2D eigenvalue weighted by Gasteiger charge is 2.20. The fraction of sp³-hybridized carbons (Fsp3) is 0.115. The molecule has 0 radical (unpaired) electrons. The van der Waals surface area contributed by atoms with Crippen LogP contribution in [0.5, 0.6) is 5.75 Å². The Kier molecular flexibility index (Phi) is 6.18. The minimum atomic E-state index is -0.948. The molecule has 1 amide bonds. The average Bonchev–Trinajstić information content (AvgIpc) is 3.62. The average molecular weight is 505 g/mol. The lowest BCUT2D eigenvalue weighted by Gasteiger charge is -2.08. The van der Waals surface area contributed by atoms with E-state index in [0.29, 0.717) is 46.3 Å². The number of carbonyl (C=O) groups excluding carboxylic acids is 2. The number of methoxy groups -OCH3 is 1. The summed E-state index contributed by atoms with van der Waals surface area (Å²) in [7, 11) is 1.30. The summed E-state index contributed by atoms with van der Waals surface area (Å²) in [5, 5.41) is 2.51. The highest BCUT2D eigenvalue weighted by Crippen LogP contribution is 2.31. The van der Waals surface area contributed by atoms with Gasteiger partial charge in [-0.15, -0.1) is 0 Å². The maximum atomic E-state index is 14.0. The van der Waals surface area contributed by atoms with Gasteiger partial charge >= 0.3 is 5.97 Å². The normalized spacial score (nSPS) is 11.0. The topological polar surface area (TPSA) is 114 Å². The van der Waals surface area contributed by atoms with E-state index >= 15 is 0 Å². The molecular formula is C26H21F2N5O4. The van der Waals surface area contributed by atoms with Crippen LogP contribution < -0.4 is 10.1 Å². The van der Waals surface area contributed by atoms with Gasteiger partial charge in [0.25, 0.3) is 5.91 Å². The Bertz CT molecular complexity index is 1610. The molecule has 0 bridgehead atoms. The molecule has 0 aliphatic carbocycles. The lowest BCUT2D eigenvalue weighted by Crippen LogP contribution is -2.15. The van der Waals surface area contributed by atoms with Crippen molar-refractivity contribution < 1.29 is 27.8 Å². The molecule has 2 aromatic carbocycles. The molecule has 0 unspecified atom stereocenters. The Morgan fingerprint density at radius 1 is 1.14 bits per heavy atom. The van der Waals surface area contributed by atoms with Gasteiger partial charge in [-0.25, -0.2) is 18.6 Å². The highest BCUT2D eigenvalue weighted by atomic mass is 19.1. The molecule has 3 aromatic heterocycles. The lowest BCUT2D eigenvalue weighted by molar-refractivity contribution is 0.0596. The van der Waals surface area contributed by atoms with Crippen LogP contribution in [-0.2, 0) is 4.74 Å². The van der Waals surface area contributed by atoms with Crippen LogP contribution in [-0.4, -0.2) is 45.1 Å². The van der Waals surface area contributed by atoms with Crippen molar-refractivity contribution >= 4 is 28.6 Å². The first-order valence-corrected chi connectivity index (χ1v) is 11.3. The molecule has 11 heteroatoms. The Morgan fingerprint density at radius 3 is 2.65 bits per heavy atom. The van der Waals surface area contributed by atoms with E-state index in [1.54, 1.807) is 41.4 Å². The summed E-state index contributed by atoms with van der Waals surface area (Å²) < 4.78 is 40.1. The van der Waals surface area contributed by atoms with Gasteiger partial charge in [0.15, 0.2) is 0 Å². The molecule has 0 saturated carbocycles. The van der Waals surface area contributed by atoms with Gasteiger partial charge in [0.1, 0.15) is 40.2 Å². The van der Waals surface area contributed by atoms with Crippen molar-refractivity contribution in [3.63, 3.8) is 0 Å². The number of ether oxygens (including phenoxy) is 2. The SMILES string of the molecule is CCOc1cc2[nH]c(-c3cc[nH]c3-n3ccc(NC(=O)c4c(F)cccc4F)c3)nc2cc1C(=O)OC. The molecule has 5 aromatic rings. The molecular weight excluding hydrogens is 484 g/mol. The van der Waals surface area contributed by atoms with Gasteiger partial charge < -0.3 is 29.3 Å². The predicted molar refractivity (Wildman–Crippen MR) is 132 cm³/mol. The molecule has 3 heterocycles. The summed E-state index contributed by atoms with van der Waals surface area (Å²) in [5.74, 6) is -1.81. The van der Waals surface area contributed by atoms with E-state index in [0.717, 1.165) is 12.1 Å². The first kappa shape index (κ1) is 23.8. The monoisotopic (exact) mass is 505 g/mol. The Balaban J connectivity index is 1.46. The number of imidazole rings is 1. The third-order valence-electron chi connectivity index (χ3n) is 5.67. The Labute approximate surface area is 209 Å². The number of nitrogens with zero attached hydrogens (tertiary/aromatic N) is 2. The number of amides is 1. The quantitative estimate of drug-likeness (QED) is 0.268. The van der Waals surface area contributed by atoms with Gasteiger partial charge in [-0.2, -0.15) is 0 Å². The van der Waals surface area contributed by atoms with Crippen LogP contribution >= 0.6 is 0 Å². The molecule has 0 spiro atoms. The lowest BCUT2D eigenvalue weighted by atomic mass is 10.2. The van der Waals surface area contributed by atoms with Crippen LogP contribution in [0.1, 0.15) is 27.6 Å². The summed E-state index contributed by atoms with van der Waals surface area (Å²) in [6, 6.07) is 9.93. The first-order valence-electron chi connectivity index (χ1n) is 11.3. The maximum Gasteiger partial charge on any atom is 0.341 e. The number of aromatic nitrogens is 4. The number of hydrogen-bond donors (Lipinski definition) is 3. The number of benzene rings is 2. The summed E-state index contributed by atoms with van der Waals surface area (Å²) in [6.45, 7) is 2.19. The molecule has 5 rings (SSSR count). The molecule has 0 fully saturated rings. The number of rotatable bonds is 7. The van der Waals surface area contributed by atoms with Crippen LogP contribution in [0, 0.1) is 11.6 Å². The van der Waals surface area contributed by atoms with Crippen molar-refractivity contribution in [1.29, 1.82) is 0 Å². The van der Waals surface area contributed by atoms with E-state index in [1.165, 1.54) is 13.2 Å². The van der Waals surface area contributed by atoms with Crippen LogP contribution in [0.4, 0.5) is 14.5 Å². The molecule has 3 N–H and O–H groups in total. The van der Waals surface area contributed by atoms with Crippen molar-refractivity contribution in [2.45, 2.75) is 6.92 Å². The smallest absolute Gasteiger partial charge is 0.341 e. The third-order valence-corrected chi connectivity index (χ3v) is 5.67. The van der Waals surface area contributed by atoms with Gasteiger partial charge in [-0.1, -0.05) is 6.07 Å². The minimum absolute atomic E-state index is 0.265. The molecule has 0 atom stereocenters. The fourth-order valence-corrected chi connectivity index (χ4v) is 3.99. The van der Waals surface area contributed by atoms with Crippen LogP contribution in [0.3, 0.4) is 0 Å². The van der Waals surface area contributed by atoms with E-state index in [9.17, 15) is 18.4 Å². The van der Waals surface area contributed by atoms with Gasteiger partial charge in [-0.05, 0) is 37.3 Å². The number of fused-ring (bicyclic) bond motifs is 1. The Morgan fingerprint density at radius 2 is 1.92 bits per heavy atom. The molecule has 37 heavy (non-hydrogen) atoms. The second kappa shape index (κ2) is 9.61. The van der Waals surface area contributed by atoms with E-state index in [1.807, 2.05) is 13.0 Å². The van der Waals surface area contributed by atoms with E-state index in [4.69, 9.17) is 9.47 Å². The van der Waals surface area contributed by atoms with E-state index in [2.05, 4.69) is 20.3 Å². The molecule has 0 saturated heterocycles. The largest absolute Gasteiger partial charge is 0.493 e. The van der Waals surface area contributed by atoms with E-state index < -0.39 is 29.1 Å². The number of aromatic amines is 2. The van der Waals surface area contributed by atoms with Crippen LogP contribution in [0.25, 0.3) is 28.2 Å². The van der Waals surface area contributed by atoms with Crippen molar-refractivity contribution in [2.24, 2.45) is 0 Å². The van der Waals surface area contributed by atoms with Crippen molar-refractivity contribution in [2.75, 3.05) is 19.0 Å². The first-order chi connectivity index (χ1) is 17.9.